The molecule has 2 fully saturated rings. The molecule has 112 valence electrons. The number of nitrogens with one attached hydrogen (secondary N) is 1. The fourth-order valence-corrected chi connectivity index (χ4v) is 4.07. The van der Waals surface area contributed by atoms with Crippen molar-refractivity contribution < 1.29 is 13.2 Å². The van der Waals surface area contributed by atoms with Gasteiger partial charge in [-0.3, -0.25) is 0 Å². The van der Waals surface area contributed by atoms with Crippen molar-refractivity contribution in [1.29, 1.82) is 0 Å². The maximum absolute atomic E-state index is 12.7. The Morgan fingerprint density at radius 1 is 1.10 bits per heavy atom. The van der Waals surface area contributed by atoms with Gasteiger partial charge in [-0.25, -0.2) is 0 Å². The summed E-state index contributed by atoms with van der Waals surface area (Å²) in [7, 11) is 0. The average Bonchev–Trinajstić information content (AvgIpc) is 3.10. The van der Waals surface area contributed by atoms with Gasteiger partial charge in [0.1, 0.15) is 0 Å². The fourth-order valence-electron chi connectivity index (χ4n) is 3.19. The van der Waals surface area contributed by atoms with Gasteiger partial charge in [0.15, 0.2) is 0 Å². The second kappa shape index (κ2) is 5.68. The summed E-state index contributed by atoms with van der Waals surface area (Å²) < 4.78 is 38.0. The van der Waals surface area contributed by atoms with Crippen molar-refractivity contribution in [3.05, 3.63) is 22.4 Å². The molecule has 5 heteroatoms. The van der Waals surface area contributed by atoms with Crippen LogP contribution in [0.15, 0.2) is 17.5 Å². The first-order valence-electron chi connectivity index (χ1n) is 7.40. The van der Waals surface area contributed by atoms with E-state index in [0.29, 0.717) is 24.8 Å². The van der Waals surface area contributed by atoms with Gasteiger partial charge in [0, 0.05) is 17.0 Å². The lowest BCUT2D eigenvalue weighted by atomic mass is 9.85. The molecule has 0 aliphatic heterocycles. The zero-order valence-electron chi connectivity index (χ0n) is 11.3. The molecule has 1 atom stereocenters. The third kappa shape index (κ3) is 3.37. The smallest absolute Gasteiger partial charge is 0.306 e. The maximum Gasteiger partial charge on any atom is 0.391 e. The Morgan fingerprint density at radius 2 is 1.80 bits per heavy atom. The molecule has 2 aliphatic carbocycles. The van der Waals surface area contributed by atoms with Crippen LogP contribution in [0.25, 0.3) is 0 Å². The van der Waals surface area contributed by atoms with Crippen molar-refractivity contribution in [1.82, 2.24) is 5.32 Å². The van der Waals surface area contributed by atoms with Crippen molar-refractivity contribution in [3.8, 4) is 0 Å². The Hall–Kier alpha value is -0.550. The Labute approximate surface area is 121 Å². The molecule has 1 unspecified atom stereocenters. The van der Waals surface area contributed by atoms with Crippen LogP contribution < -0.4 is 5.32 Å². The number of halogens is 3. The van der Waals surface area contributed by atoms with E-state index in [1.165, 1.54) is 17.7 Å². The third-order valence-corrected chi connectivity index (χ3v) is 5.50. The highest BCUT2D eigenvalue weighted by Gasteiger charge is 2.42. The van der Waals surface area contributed by atoms with Crippen molar-refractivity contribution in [2.75, 3.05) is 0 Å². The summed E-state index contributed by atoms with van der Waals surface area (Å²) in [6.45, 7) is 0. The fraction of sp³-hybridized carbons (Fsp3) is 0.733. The summed E-state index contributed by atoms with van der Waals surface area (Å²) in [5.74, 6) is -0.393. The van der Waals surface area contributed by atoms with Crippen LogP contribution in [0.2, 0.25) is 0 Å². The first-order chi connectivity index (χ1) is 9.54. The van der Waals surface area contributed by atoms with E-state index in [9.17, 15) is 13.2 Å². The molecule has 0 radical (unpaired) electrons. The molecule has 0 aromatic carbocycles. The van der Waals surface area contributed by atoms with Crippen molar-refractivity contribution in [3.63, 3.8) is 0 Å². The molecule has 1 aromatic rings. The van der Waals surface area contributed by atoms with E-state index in [1.807, 2.05) is 0 Å². The zero-order valence-corrected chi connectivity index (χ0v) is 12.1. The molecular formula is C15H20F3NS. The van der Waals surface area contributed by atoms with Gasteiger partial charge in [-0.2, -0.15) is 13.2 Å². The molecule has 2 saturated carbocycles. The van der Waals surface area contributed by atoms with Gasteiger partial charge in [0.25, 0.3) is 0 Å². The molecule has 0 saturated heterocycles. The first kappa shape index (κ1) is 14.4. The molecular weight excluding hydrogens is 283 g/mol. The lowest BCUT2D eigenvalue weighted by Crippen LogP contribution is -2.39. The monoisotopic (exact) mass is 303 g/mol. The van der Waals surface area contributed by atoms with E-state index < -0.39 is 12.1 Å². The van der Waals surface area contributed by atoms with E-state index >= 15 is 0 Å². The number of thiophene rings is 1. The molecule has 1 heterocycles. The van der Waals surface area contributed by atoms with Crippen LogP contribution in [0.4, 0.5) is 13.2 Å². The lowest BCUT2D eigenvalue weighted by molar-refractivity contribution is -0.182. The molecule has 0 spiro atoms. The summed E-state index contributed by atoms with van der Waals surface area (Å²) in [5, 5.41) is 5.71. The van der Waals surface area contributed by atoms with Gasteiger partial charge in [0.05, 0.1) is 5.92 Å². The number of hydrogen-bond acceptors (Lipinski definition) is 2. The third-order valence-electron chi connectivity index (χ3n) is 4.55. The minimum Gasteiger partial charge on any atom is -0.306 e. The normalized spacial score (nSPS) is 29.4. The van der Waals surface area contributed by atoms with E-state index in [-0.39, 0.29) is 18.9 Å². The van der Waals surface area contributed by atoms with E-state index in [2.05, 4.69) is 22.8 Å². The Balaban J connectivity index is 1.56. The summed E-state index contributed by atoms with van der Waals surface area (Å²) in [5.41, 5.74) is 0. The topological polar surface area (TPSA) is 12.0 Å². The standard InChI is InChI=1S/C15H20F3NS/c16-15(17,18)11-5-7-12(8-6-11)19-14(10-3-4-10)13-2-1-9-20-13/h1-2,9-12,14,19H,3-8H2. The summed E-state index contributed by atoms with van der Waals surface area (Å²) >= 11 is 1.75. The highest BCUT2D eigenvalue weighted by atomic mass is 32.1. The second-order valence-electron chi connectivity index (χ2n) is 6.09. The SMILES string of the molecule is FC(F)(F)C1CCC(NC(c2cccs2)C2CC2)CC1. The van der Waals surface area contributed by atoms with Crippen molar-refractivity contribution >= 4 is 11.3 Å². The predicted octanol–water partition coefficient (Wildman–Crippen LogP) is 4.91. The van der Waals surface area contributed by atoms with Crippen LogP contribution in [0.1, 0.15) is 49.4 Å². The first-order valence-corrected chi connectivity index (χ1v) is 8.28. The van der Waals surface area contributed by atoms with Gasteiger partial charge < -0.3 is 5.32 Å². The van der Waals surface area contributed by atoms with Gasteiger partial charge in [-0.05, 0) is 55.9 Å². The molecule has 1 aromatic heterocycles. The zero-order chi connectivity index (χ0) is 14.2. The van der Waals surface area contributed by atoms with Crippen molar-refractivity contribution in [2.45, 2.75) is 56.8 Å². The molecule has 1 N–H and O–H groups in total. The minimum atomic E-state index is -4.01. The highest BCUT2D eigenvalue weighted by Crippen LogP contribution is 2.44. The lowest BCUT2D eigenvalue weighted by Gasteiger charge is -2.33. The second-order valence-corrected chi connectivity index (χ2v) is 7.07. The molecule has 20 heavy (non-hydrogen) atoms. The Morgan fingerprint density at radius 3 is 2.30 bits per heavy atom. The van der Waals surface area contributed by atoms with Gasteiger partial charge in [-0.15, -0.1) is 11.3 Å². The van der Waals surface area contributed by atoms with E-state index in [0.717, 1.165) is 0 Å². The quantitative estimate of drug-likeness (QED) is 0.833. The van der Waals surface area contributed by atoms with Gasteiger partial charge in [0.2, 0.25) is 0 Å². The van der Waals surface area contributed by atoms with E-state index in [4.69, 9.17) is 0 Å². The number of alkyl halides is 3. The largest absolute Gasteiger partial charge is 0.391 e. The van der Waals surface area contributed by atoms with Crippen LogP contribution >= 0.6 is 11.3 Å². The minimum absolute atomic E-state index is 0.251. The summed E-state index contributed by atoms with van der Waals surface area (Å²) in [4.78, 5) is 1.34. The van der Waals surface area contributed by atoms with Gasteiger partial charge >= 0.3 is 6.18 Å². The van der Waals surface area contributed by atoms with Crippen LogP contribution in [-0.4, -0.2) is 12.2 Å². The van der Waals surface area contributed by atoms with E-state index in [1.54, 1.807) is 11.3 Å². The molecule has 2 aliphatic rings. The van der Waals surface area contributed by atoms with Crippen LogP contribution in [-0.2, 0) is 0 Å². The van der Waals surface area contributed by atoms with Crippen LogP contribution in [0.3, 0.4) is 0 Å². The van der Waals surface area contributed by atoms with Crippen LogP contribution in [0, 0.1) is 11.8 Å². The molecule has 0 bridgehead atoms. The highest BCUT2D eigenvalue weighted by molar-refractivity contribution is 7.10. The number of rotatable bonds is 4. The van der Waals surface area contributed by atoms with Crippen LogP contribution in [0.5, 0.6) is 0 Å². The Kier molecular flexibility index (Phi) is 4.09. The molecule has 0 amide bonds. The van der Waals surface area contributed by atoms with Gasteiger partial charge in [-0.1, -0.05) is 6.07 Å². The molecule has 3 rings (SSSR count). The summed E-state index contributed by atoms with van der Waals surface area (Å²) in [6.07, 6.45) is 0.346. The molecule has 1 nitrogen and oxygen atoms in total. The summed E-state index contributed by atoms with van der Waals surface area (Å²) in [6, 6.07) is 4.81. The maximum atomic E-state index is 12.7. The van der Waals surface area contributed by atoms with Crippen molar-refractivity contribution in [2.24, 2.45) is 11.8 Å². The average molecular weight is 303 g/mol. The number of hydrogen-bond donors (Lipinski definition) is 1. The predicted molar refractivity (Wildman–Crippen MR) is 74.7 cm³/mol. The Bertz CT molecular complexity index is 417.